The smallest absolute Gasteiger partial charge is 0.417 e. The summed E-state index contributed by atoms with van der Waals surface area (Å²) in [6.07, 6.45) is -4.61. The third-order valence-corrected chi connectivity index (χ3v) is 2.60. The Morgan fingerprint density at radius 3 is 2.35 bits per heavy atom. The molecule has 7 heteroatoms. The number of benzene rings is 1. The van der Waals surface area contributed by atoms with Gasteiger partial charge in [-0.2, -0.15) is 13.2 Å². The fourth-order valence-corrected chi connectivity index (χ4v) is 1.57. The van der Waals surface area contributed by atoms with Crippen LogP contribution in [0.5, 0.6) is 0 Å². The lowest BCUT2D eigenvalue weighted by Gasteiger charge is -2.10. The lowest BCUT2D eigenvalue weighted by molar-refractivity contribution is -0.138. The van der Waals surface area contributed by atoms with Gasteiger partial charge in [-0.25, -0.2) is 4.79 Å². The number of halogens is 4. The minimum Gasteiger partial charge on any atom is -0.463 e. The van der Waals surface area contributed by atoms with Crippen LogP contribution in [0.25, 0.3) is 0 Å². The van der Waals surface area contributed by atoms with E-state index >= 15 is 0 Å². The molecule has 0 fully saturated rings. The van der Waals surface area contributed by atoms with Gasteiger partial charge in [0.15, 0.2) is 0 Å². The van der Waals surface area contributed by atoms with Crippen molar-refractivity contribution in [3.05, 3.63) is 33.8 Å². The van der Waals surface area contributed by atoms with E-state index in [0.717, 1.165) is 19.2 Å². The predicted molar refractivity (Wildman–Crippen MR) is 55.5 cm³/mol. The van der Waals surface area contributed by atoms with Gasteiger partial charge >= 0.3 is 12.1 Å². The summed E-state index contributed by atoms with van der Waals surface area (Å²) < 4.78 is 41.5. The van der Waals surface area contributed by atoms with Gasteiger partial charge in [0.2, 0.25) is 0 Å². The molecule has 0 amide bonds. The van der Waals surface area contributed by atoms with E-state index in [1.807, 2.05) is 0 Å². The van der Waals surface area contributed by atoms with Gasteiger partial charge in [0.05, 0.1) is 12.7 Å². The second kappa shape index (κ2) is 4.87. The maximum Gasteiger partial charge on any atom is 0.417 e. The molecule has 0 aliphatic carbocycles. The van der Waals surface area contributed by atoms with Crippen LogP contribution in [0.15, 0.2) is 22.7 Å². The van der Waals surface area contributed by atoms with Gasteiger partial charge in [-0.1, -0.05) is 15.9 Å². The summed E-state index contributed by atoms with van der Waals surface area (Å²) >= 11 is 2.72. The van der Waals surface area contributed by atoms with Crippen molar-refractivity contribution in [2.45, 2.75) is 6.18 Å². The number of carbonyl (C=O) groups excluding carboxylic acids is 2. The van der Waals surface area contributed by atoms with Crippen molar-refractivity contribution in [2.75, 3.05) is 7.11 Å². The summed E-state index contributed by atoms with van der Waals surface area (Å²) in [7, 11) is 0.976. The van der Waals surface area contributed by atoms with E-state index in [1.165, 1.54) is 0 Å². The molecule has 0 bridgehead atoms. The molecule has 0 saturated heterocycles. The molecule has 3 nitrogen and oxygen atoms in total. The topological polar surface area (TPSA) is 43.4 Å². The first-order valence-electron chi connectivity index (χ1n) is 4.26. The van der Waals surface area contributed by atoms with Gasteiger partial charge in [-0.3, -0.25) is 4.79 Å². The van der Waals surface area contributed by atoms with Gasteiger partial charge in [-0.05, 0) is 18.2 Å². The van der Waals surface area contributed by atoms with Crippen molar-refractivity contribution >= 4 is 27.7 Å². The van der Waals surface area contributed by atoms with Crippen molar-refractivity contribution in [1.29, 1.82) is 0 Å². The first-order chi connectivity index (χ1) is 7.77. The molecule has 1 rings (SSSR count). The number of Topliss-reactive ketones (excluding diaryl/α,β-unsaturated/α-hetero) is 1. The molecule has 0 spiro atoms. The van der Waals surface area contributed by atoms with Crippen LogP contribution in [0, 0.1) is 0 Å². The third-order valence-electron chi connectivity index (χ3n) is 1.90. The zero-order chi connectivity index (χ0) is 13.2. The number of alkyl halides is 3. The van der Waals surface area contributed by atoms with Crippen LogP contribution in [0.2, 0.25) is 0 Å². The second-order valence-electron chi connectivity index (χ2n) is 3.01. The lowest BCUT2D eigenvalue weighted by Crippen LogP contribution is -2.17. The van der Waals surface area contributed by atoms with Gasteiger partial charge in [0.1, 0.15) is 0 Å². The van der Waals surface area contributed by atoms with E-state index in [4.69, 9.17) is 0 Å². The molecule has 1 aromatic carbocycles. The van der Waals surface area contributed by atoms with Crippen LogP contribution in [-0.4, -0.2) is 18.9 Å². The van der Waals surface area contributed by atoms with Gasteiger partial charge in [-0.15, -0.1) is 0 Å². The average Bonchev–Trinajstić information content (AvgIpc) is 2.26. The highest BCUT2D eigenvalue weighted by atomic mass is 79.9. The number of methoxy groups -OCH3 is 1. The van der Waals surface area contributed by atoms with E-state index in [1.54, 1.807) is 0 Å². The van der Waals surface area contributed by atoms with Crippen LogP contribution in [0.4, 0.5) is 13.2 Å². The minimum absolute atomic E-state index is 0.202. The molecule has 1 aromatic rings. The van der Waals surface area contributed by atoms with Crippen LogP contribution >= 0.6 is 15.9 Å². The summed E-state index contributed by atoms with van der Waals surface area (Å²) in [5.41, 5.74) is -1.39. The standard InChI is InChI=1S/C10H6BrF3O3/c1-17-9(16)8(15)5-2-3-7(11)6(4-5)10(12,13)14/h2-4H,1H3. The van der Waals surface area contributed by atoms with Gasteiger partial charge in [0, 0.05) is 10.0 Å². The first-order valence-corrected chi connectivity index (χ1v) is 5.06. The maximum absolute atomic E-state index is 12.5. The number of hydrogen-bond donors (Lipinski definition) is 0. The Morgan fingerprint density at radius 2 is 1.88 bits per heavy atom. The Balaban J connectivity index is 3.22. The van der Waals surface area contributed by atoms with E-state index in [9.17, 15) is 22.8 Å². The van der Waals surface area contributed by atoms with E-state index in [-0.39, 0.29) is 10.0 Å². The molecule has 0 radical (unpaired) electrons. The second-order valence-corrected chi connectivity index (χ2v) is 3.87. The number of ketones is 1. The largest absolute Gasteiger partial charge is 0.463 e. The average molecular weight is 311 g/mol. The molecule has 17 heavy (non-hydrogen) atoms. The Bertz CT molecular complexity index is 468. The van der Waals surface area contributed by atoms with Crippen molar-refractivity contribution in [3.8, 4) is 0 Å². The predicted octanol–water partition coefficient (Wildman–Crippen LogP) is 2.82. The molecule has 0 aliphatic heterocycles. The molecule has 0 aliphatic rings. The summed E-state index contributed by atoms with van der Waals surface area (Å²) in [5, 5.41) is 0. The maximum atomic E-state index is 12.5. The van der Waals surface area contributed by atoms with Gasteiger partial charge in [0.25, 0.3) is 5.78 Å². The summed E-state index contributed by atoms with van der Waals surface area (Å²) in [6, 6.07) is 2.76. The first kappa shape index (κ1) is 13.7. The summed E-state index contributed by atoms with van der Waals surface area (Å²) in [4.78, 5) is 22.2. The van der Waals surface area contributed by atoms with Crippen LogP contribution in [-0.2, 0) is 15.7 Å². The molecular weight excluding hydrogens is 305 g/mol. The van der Waals surface area contributed by atoms with Gasteiger partial charge < -0.3 is 4.74 Å². The number of ether oxygens (including phenoxy) is 1. The Kier molecular flexibility index (Phi) is 3.92. The highest BCUT2D eigenvalue weighted by molar-refractivity contribution is 9.10. The monoisotopic (exact) mass is 310 g/mol. The molecule has 0 aromatic heterocycles. The molecule has 92 valence electrons. The highest BCUT2D eigenvalue weighted by Gasteiger charge is 2.34. The number of rotatable bonds is 2. The van der Waals surface area contributed by atoms with Crippen molar-refractivity contribution in [2.24, 2.45) is 0 Å². The van der Waals surface area contributed by atoms with E-state index in [0.29, 0.717) is 6.07 Å². The molecule has 0 heterocycles. The normalized spacial score (nSPS) is 11.1. The molecule has 0 unspecified atom stereocenters. The van der Waals surface area contributed by atoms with E-state index < -0.39 is 23.5 Å². The SMILES string of the molecule is COC(=O)C(=O)c1ccc(Br)c(C(F)(F)F)c1. The minimum atomic E-state index is -4.61. The van der Waals surface area contributed by atoms with Crippen LogP contribution in [0.3, 0.4) is 0 Å². The highest BCUT2D eigenvalue weighted by Crippen LogP contribution is 2.35. The number of carbonyl (C=O) groups is 2. The van der Waals surface area contributed by atoms with Crippen molar-refractivity contribution in [1.82, 2.24) is 0 Å². The fourth-order valence-electron chi connectivity index (χ4n) is 1.09. The Labute approximate surface area is 103 Å². The van der Waals surface area contributed by atoms with Crippen LogP contribution < -0.4 is 0 Å². The molecular formula is C10H6BrF3O3. The number of hydrogen-bond acceptors (Lipinski definition) is 3. The molecule has 0 N–H and O–H groups in total. The molecule has 0 atom stereocenters. The summed E-state index contributed by atoms with van der Waals surface area (Å²) in [6.45, 7) is 0. The van der Waals surface area contributed by atoms with Crippen molar-refractivity contribution in [3.63, 3.8) is 0 Å². The molecule has 0 saturated carbocycles. The zero-order valence-electron chi connectivity index (χ0n) is 8.47. The van der Waals surface area contributed by atoms with E-state index in [2.05, 4.69) is 20.7 Å². The zero-order valence-corrected chi connectivity index (χ0v) is 10.1. The van der Waals surface area contributed by atoms with Crippen LogP contribution in [0.1, 0.15) is 15.9 Å². The van der Waals surface area contributed by atoms with Crippen molar-refractivity contribution < 1.29 is 27.5 Å². The quantitative estimate of drug-likeness (QED) is 0.479. The third kappa shape index (κ3) is 3.06. The Morgan fingerprint density at radius 1 is 1.29 bits per heavy atom. The summed E-state index contributed by atoms with van der Waals surface area (Å²) in [5.74, 6) is -2.33. The Hall–Kier alpha value is -1.37. The fraction of sp³-hybridized carbons (Fsp3) is 0.200. The number of esters is 1. The lowest BCUT2D eigenvalue weighted by atomic mass is 10.1.